The molecule has 6 heteroatoms. The van der Waals surface area contributed by atoms with Crippen molar-refractivity contribution >= 4 is 16.8 Å². The van der Waals surface area contributed by atoms with Gasteiger partial charge >= 0.3 is 5.97 Å². The molecule has 1 unspecified atom stereocenters. The highest BCUT2D eigenvalue weighted by atomic mass is 32.2. The number of ether oxygens (including phenoxy) is 1. The Morgan fingerprint density at radius 3 is 2.58 bits per heavy atom. The number of methoxy groups -OCH3 is 1. The van der Waals surface area contributed by atoms with E-state index in [-0.39, 0.29) is 17.1 Å². The monoisotopic (exact) mass is 280 g/mol. The van der Waals surface area contributed by atoms with Crippen LogP contribution in [0.25, 0.3) is 0 Å². The number of carboxylic acids is 1. The predicted molar refractivity (Wildman–Crippen MR) is 68.8 cm³/mol. The van der Waals surface area contributed by atoms with E-state index in [2.05, 4.69) is 0 Å². The lowest BCUT2D eigenvalue weighted by Gasteiger charge is -2.03. The first-order valence-corrected chi connectivity index (χ1v) is 6.76. The summed E-state index contributed by atoms with van der Waals surface area (Å²) in [5.74, 6) is -0.178. The molecule has 0 saturated carbocycles. The van der Waals surface area contributed by atoms with Crippen LogP contribution in [0.2, 0.25) is 0 Å². The van der Waals surface area contributed by atoms with E-state index >= 15 is 0 Å². The SMILES string of the molecule is COc1ccc(S(=O)Cc2occc2C(=O)O)cc1. The van der Waals surface area contributed by atoms with E-state index in [1.807, 2.05) is 0 Å². The van der Waals surface area contributed by atoms with Gasteiger partial charge < -0.3 is 14.3 Å². The van der Waals surface area contributed by atoms with Crippen LogP contribution in [0.4, 0.5) is 0 Å². The maximum atomic E-state index is 12.1. The fourth-order valence-electron chi connectivity index (χ4n) is 1.57. The molecule has 1 aromatic carbocycles. The first-order valence-electron chi connectivity index (χ1n) is 5.44. The molecule has 19 heavy (non-hydrogen) atoms. The number of hydrogen-bond donors (Lipinski definition) is 1. The van der Waals surface area contributed by atoms with Crippen molar-refractivity contribution in [2.75, 3.05) is 7.11 Å². The third-order valence-corrected chi connectivity index (χ3v) is 3.88. The van der Waals surface area contributed by atoms with Crippen LogP contribution >= 0.6 is 0 Å². The summed E-state index contributed by atoms with van der Waals surface area (Å²) >= 11 is 0. The summed E-state index contributed by atoms with van der Waals surface area (Å²) in [5.41, 5.74) is 0.0434. The van der Waals surface area contributed by atoms with E-state index in [4.69, 9.17) is 14.3 Å². The zero-order valence-corrected chi connectivity index (χ0v) is 11.0. The molecule has 0 fully saturated rings. The molecule has 1 heterocycles. The average molecular weight is 280 g/mol. The molecule has 5 nitrogen and oxygen atoms in total. The number of hydrogen-bond acceptors (Lipinski definition) is 4. The van der Waals surface area contributed by atoms with Gasteiger partial charge in [0.2, 0.25) is 0 Å². The van der Waals surface area contributed by atoms with Crippen LogP contribution in [0, 0.1) is 0 Å². The molecular weight excluding hydrogens is 268 g/mol. The summed E-state index contributed by atoms with van der Waals surface area (Å²) in [7, 11) is 0.187. The van der Waals surface area contributed by atoms with Crippen molar-refractivity contribution in [1.82, 2.24) is 0 Å². The standard InChI is InChI=1S/C13H12O5S/c1-17-9-2-4-10(5-3-9)19(16)8-12-11(13(14)15)6-7-18-12/h2-7H,8H2,1H3,(H,14,15). The molecule has 0 aliphatic carbocycles. The second-order valence-electron chi connectivity index (χ2n) is 3.73. The first kappa shape index (κ1) is 13.4. The number of rotatable bonds is 5. The van der Waals surface area contributed by atoms with Crippen molar-refractivity contribution in [3.05, 3.63) is 47.9 Å². The van der Waals surface area contributed by atoms with Crippen LogP contribution in [-0.4, -0.2) is 22.4 Å². The smallest absolute Gasteiger partial charge is 0.339 e. The maximum Gasteiger partial charge on any atom is 0.339 e. The van der Waals surface area contributed by atoms with Gasteiger partial charge in [0.25, 0.3) is 0 Å². The Hall–Kier alpha value is -2.08. The van der Waals surface area contributed by atoms with Crippen LogP contribution < -0.4 is 4.74 Å². The highest BCUT2D eigenvalue weighted by Gasteiger charge is 2.16. The van der Waals surface area contributed by atoms with Gasteiger partial charge in [-0.15, -0.1) is 0 Å². The van der Waals surface area contributed by atoms with Gasteiger partial charge in [-0.1, -0.05) is 0 Å². The third kappa shape index (κ3) is 3.03. The Morgan fingerprint density at radius 2 is 2.00 bits per heavy atom. The number of benzene rings is 1. The highest BCUT2D eigenvalue weighted by Crippen LogP contribution is 2.19. The Morgan fingerprint density at radius 1 is 1.32 bits per heavy atom. The summed E-state index contributed by atoms with van der Waals surface area (Å²) in [6.07, 6.45) is 1.28. The van der Waals surface area contributed by atoms with Crippen molar-refractivity contribution in [3.8, 4) is 5.75 Å². The zero-order chi connectivity index (χ0) is 13.8. The Bertz CT molecular complexity index is 600. The van der Waals surface area contributed by atoms with Crippen LogP contribution in [0.1, 0.15) is 16.1 Å². The fraction of sp³-hybridized carbons (Fsp3) is 0.154. The van der Waals surface area contributed by atoms with Gasteiger partial charge in [-0.25, -0.2) is 4.79 Å². The van der Waals surface area contributed by atoms with E-state index in [0.717, 1.165) is 0 Å². The normalized spacial score (nSPS) is 12.1. The molecule has 2 aromatic rings. The number of aromatic carboxylic acids is 1. The first-order chi connectivity index (χ1) is 9.11. The number of furan rings is 1. The lowest BCUT2D eigenvalue weighted by atomic mass is 10.3. The molecule has 1 atom stereocenters. The van der Waals surface area contributed by atoms with Gasteiger partial charge in [-0.05, 0) is 30.3 Å². The molecule has 0 aliphatic heterocycles. The van der Waals surface area contributed by atoms with E-state index < -0.39 is 16.8 Å². The van der Waals surface area contributed by atoms with Crippen molar-refractivity contribution in [1.29, 1.82) is 0 Å². The summed E-state index contributed by atoms with van der Waals surface area (Å²) in [6.45, 7) is 0. The minimum Gasteiger partial charge on any atom is -0.497 e. The molecule has 1 aromatic heterocycles. The second kappa shape index (κ2) is 5.71. The third-order valence-electron chi connectivity index (χ3n) is 2.56. The molecule has 1 N–H and O–H groups in total. The van der Waals surface area contributed by atoms with Crippen LogP contribution in [0.15, 0.2) is 45.9 Å². The van der Waals surface area contributed by atoms with E-state index in [1.54, 1.807) is 31.4 Å². The van der Waals surface area contributed by atoms with Crippen LogP contribution in [0.3, 0.4) is 0 Å². The zero-order valence-electron chi connectivity index (χ0n) is 10.2. The highest BCUT2D eigenvalue weighted by molar-refractivity contribution is 7.84. The molecule has 100 valence electrons. The molecule has 2 rings (SSSR count). The molecule has 0 amide bonds. The molecular formula is C13H12O5S. The largest absolute Gasteiger partial charge is 0.497 e. The lowest BCUT2D eigenvalue weighted by molar-refractivity contribution is 0.0695. The van der Waals surface area contributed by atoms with Gasteiger partial charge in [0.05, 0.1) is 29.9 Å². The van der Waals surface area contributed by atoms with Crippen LogP contribution in [-0.2, 0) is 16.6 Å². The van der Waals surface area contributed by atoms with Gasteiger partial charge in [-0.3, -0.25) is 4.21 Å². The number of carbonyl (C=O) groups is 1. The van der Waals surface area contributed by atoms with Crippen molar-refractivity contribution < 1.29 is 23.3 Å². The fourth-order valence-corrected chi connectivity index (χ4v) is 2.64. The van der Waals surface area contributed by atoms with Crippen molar-refractivity contribution in [2.24, 2.45) is 0 Å². The van der Waals surface area contributed by atoms with Gasteiger partial charge in [0.15, 0.2) is 0 Å². The van der Waals surface area contributed by atoms with Crippen LogP contribution in [0.5, 0.6) is 5.75 Å². The summed E-state index contributed by atoms with van der Waals surface area (Å²) < 4.78 is 22.2. The summed E-state index contributed by atoms with van der Waals surface area (Å²) in [4.78, 5) is 11.5. The number of carboxylic acid groups (broad SMARTS) is 1. The Labute approximate surface area is 112 Å². The minimum absolute atomic E-state index is 0.0287. The van der Waals surface area contributed by atoms with Crippen molar-refractivity contribution in [3.63, 3.8) is 0 Å². The maximum absolute atomic E-state index is 12.1. The second-order valence-corrected chi connectivity index (χ2v) is 5.18. The summed E-state index contributed by atoms with van der Waals surface area (Å²) in [5, 5.41) is 8.93. The molecule has 0 aliphatic rings. The van der Waals surface area contributed by atoms with E-state index in [0.29, 0.717) is 10.6 Å². The Kier molecular flexibility index (Phi) is 4.01. The molecule has 0 radical (unpaired) electrons. The lowest BCUT2D eigenvalue weighted by Crippen LogP contribution is -2.02. The van der Waals surface area contributed by atoms with Gasteiger partial charge in [0.1, 0.15) is 17.1 Å². The van der Waals surface area contributed by atoms with Gasteiger partial charge in [0, 0.05) is 4.90 Å². The quantitative estimate of drug-likeness (QED) is 0.909. The van der Waals surface area contributed by atoms with E-state index in [9.17, 15) is 9.00 Å². The Balaban J connectivity index is 2.16. The average Bonchev–Trinajstić information content (AvgIpc) is 2.87. The molecule has 0 saturated heterocycles. The minimum atomic E-state index is -1.36. The molecule has 0 spiro atoms. The predicted octanol–water partition coefficient (Wildman–Crippen LogP) is 2.29. The van der Waals surface area contributed by atoms with Gasteiger partial charge in [-0.2, -0.15) is 0 Å². The van der Waals surface area contributed by atoms with Crippen molar-refractivity contribution in [2.45, 2.75) is 10.6 Å². The van der Waals surface area contributed by atoms with E-state index in [1.165, 1.54) is 12.3 Å². The molecule has 0 bridgehead atoms. The topological polar surface area (TPSA) is 76.7 Å². The summed E-state index contributed by atoms with van der Waals surface area (Å²) in [6, 6.07) is 8.11.